The maximum Gasteiger partial charge on any atom is 0.411 e. The number of fused-ring (bicyclic) bond motifs is 3. The summed E-state index contributed by atoms with van der Waals surface area (Å²) in [4.78, 5) is 26.4. The number of carboxylic acids is 1. The van der Waals surface area contributed by atoms with E-state index in [1.54, 1.807) is 0 Å². The first kappa shape index (κ1) is 19.4. The van der Waals surface area contributed by atoms with Crippen LogP contribution < -0.4 is 0 Å². The van der Waals surface area contributed by atoms with Crippen LogP contribution in [0.1, 0.15) is 41.5 Å². The second kappa shape index (κ2) is 7.91. The molecule has 5 rings (SSSR count). The van der Waals surface area contributed by atoms with Gasteiger partial charge in [-0.3, -0.25) is 4.90 Å². The molecular formula is C26H23NO4. The van der Waals surface area contributed by atoms with Crippen molar-refractivity contribution in [3.05, 3.63) is 95.6 Å². The largest absolute Gasteiger partial charge is 0.480 e. The van der Waals surface area contributed by atoms with E-state index in [-0.39, 0.29) is 18.6 Å². The summed E-state index contributed by atoms with van der Waals surface area (Å²) in [6.45, 7) is 0.178. The Balaban J connectivity index is 1.40. The second-order valence-electron chi connectivity index (χ2n) is 8.07. The van der Waals surface area contributed by atoms with Gasteiger partial charge >= 0.3 is 12.1 Å². The summed E-state index contributed by atoms with van der Waals surface area (Å²) in [5.41, 5.74) is 5.51. The van der Waals surface area contributed by atoms with Crippen LogP contribution in [0.15, 0.2) is 78.9 Å². The number of hydrogen-bond donors (Lipinski definition) is 1. The van der Waals surface area contributed by atoms with E-state index >= 15 is 0 Å². The zero-order valence-corrected chi connectivity index (χ0v) is 17.0. The van der Waals surface area contributed by atoms with Gasteiger partial charge in [0, 0.05) is 5.92 Å². The Kier molecular flexibility index (Phi) is 4.94. The molecule has 0 unspecified atom stereocenters. The van der Waals surface area contributed by atoms with E-state index in [0.717, 1.165) is 27.8 Å². The molecule has 0 saturated carbocycles. The van der Waals surface area contributed by atoms with Gasteiger partial charge in [-0.05, 0) is 40.7 Å². The molecule has 1 aliphatic heterocycles. The first-order valence-electron chi connectivity index (χ1n) is 10.6. The van der Waals surface area contributed by atoms with Gasteiger partial charge < -0.3 is 9.84 Å². The maximum atomic E-state index is 13.2. The highest BCUT2D eigenvalue weighted by Crippen LogP contribution is 2.45. The fourth-order valence-corrected chi connectivity index (χ4v) is 4.98. The summed E-state index contributed by atoms with van der Waals surface area (Å²) in [5.74, 6) is -1.05. The van der Waals surface area contributed by atoms with Crippen molar-refractivity contribution in [1.82, 2.24) is 4.90 Å². The molecule has 0 spiro atoms. The highest BCUT2D eigenvalue weighted by molar-refractivity contribution is 5.82. The van der Waals surface area contributed by atoms with Gasteiger partial charge in [-0.25, -0.2) is 9.59 Å². The third-order valence-electron chi connectivity index (χ3n) is 6.40. The molecule has 1 saturated heterocycles. The Morgan fingerprint density at radius 3 is 2.03 bits per heavy atom. The van der Waals surface area contributed by atoms with Gasteiger partial charge in [0.15, 0.2) is 0 Å². The molecule has 1 heterocycles. The number of carbonyl (C=O) groups excluding carboxylic acids is 1. The van der Waals surface area contributed by atoms with E-state index in [0.29, 0.717) is 12.8 Å². The number of rotatable bonds is 4. The molecule has 0 bridgehead atoms. The van der Waals surface area contributed by atoms with Gasteiger partial charge in [0.2, 0.25) is 0 Å². The van der Waals surface area contributed by atoms with E-state index in [4.69, 9.17) is 4.74 Å². The highest BCUT2D eigenvalue weighted by Gasteiger charge is 2.43. The number of hydrogen-bond acceptors (Lipinski definition) is 3. The lowest BCUT2D eigenvalue weighted by atomic mass is 9.98. The Bertz CT molecular complexity index is 1080. The number of nitrogens with zero attached hydrogens (tertiary/aromatic N) is 1. The number of aliphatic carboxylic acids is 1. The lowest BCUT2D eigenvalue weighted by Gasteiger charge is -2.28. The van der Waals surface area contributed by atoms with Crippen molar-refractivity contribution in [2.24, 2.45) is 0 Å². The molecule has 1 N–H and O–H groups in total. The smallest absolute Gasteiger partial charge is 0.411 e. The van der Waals surface area contributed by atoms with Crippen molar-refractivity contribution in [1.29, 1.82) is 0 Å². The van der Waals surface area contributed by atoms with Crippen molar-refractivity contribution in [2.75, 3.05) is 6.61 Å². The maximum absolute atomic E-state index is 13.2. The van der Waals surface area contributed by atoms with E-state index in [1.165, 1.54) is 4.90 Å². The summed E-state index contributed by atoms with van der Waals surface area (Å²) in [6, 6.07) is 24.7. The van der Waals surface area contributed by atoms with Crippen LogP contribution in [0.4, 0.5) is 4.79 Å². The van der Waals surface area contributed by atoms with Gasteiger partial charge in [-0.1, -0.05) is 78.9 Å². The van der Waals surface area contributed by atoms with Crippen molar-refractivity contribution in [3.8, 4) is 11.1 Å². The summed E-state index contributed by atoms with van der Waals surface area (Å²) in [6.07, 6.45) is 0.449. The van der Waals surface area contributed by atoms with E-state index in [9.17, 15) is 14.7 Å². The molecule has 5 heteroatoms. The fraction of sp³-hybridized carbons (Fsp3) is 0.231. The number of ether oxygens (including phenoxy) is 1. The number of amides is 1. The molecule has 1 amide bonds. The van der Waals surface area contributed by atoms with Crippen LogP contribution in [0.5, 0.6) is 0 Å². The summed E-state index contributed by atoms with van der Waals surface area (Å²) in [7, 11) is 0. The Morgan fingerprint density at radius 2 is 1.42 bits per heavy atom. The Morgan fingerprint density at radius 1 is 0.839 bits per heavy atom. The van der Waals surface area contributed by atoms with Crippen LogP contribution in [0.25, 0.3) is 11.1 Å². The van der Waals surface area contributed by atoms with Crippen LogP contribution in [0, 0.1) is 0 Å². The SMILES string of the molecule is O=C(O)[C@@H]1CC[C@H](c2ccccc2)N1C(=O)OCC1c2ccccc2-c2ccccc21. The molecule has 31 heavy (non-hydrogen) atoms. The third-order valence-corrected chi connectivity index (χ3v) is 6.40. The lowest BCUT2D eigenvalue weighted by Crippen LogP contribution is -2.42. The highest BCUT2D eigenvalue weighted by atomic mass is 16.6. The summed E-state index contributed by atoms with van der Waals surface area (Å²) < 4.78 is 5.78. The minimum Gasteiger partial charge on any atom is -0.480 e. The molecule has 5 nitrogen and oxygen atoms in total. The number of carboxylic acid groups (broad SMARTS) is 1. The molecule has 2 atom stereocenters. The molecular weight excluding hydrogens is 390 g/mol. The minimum atomic E-state index is -0.994. The number of benzene rings is 3. The van der Waals surface area contributed by atoms with E-state index in [1.807, 2.05) is 54.6 Å². The first-order valence-corrected chi connectivity index (χ1v) is 10.6. The predicted molar refractivity (Wildman–Crippen MR) is 117 cm³/mol. The standard InChI is InChI=1S/C26H23NO4/c28-25(29)24-15-14-23(17-8-2-1-3-9-17)27(24)26(30)31-16-22-20-12-6-4-10-18(20)19-11-5-7-13-21(19)22/h1-13,22-24H,14-16H2,(H,28,29)/t23-,24+/m1/s1. The first-order chi connectivity index (χ1) is 15.1. The Hall–Kier alpha value is -3.60. The second-order valence-corrected chi connectivity index (χ2v) is 8.07. The van der Waals surface area contributed by atoms with Gasteiger partial charge in [0.1, 0.15) is 12.6 Å². The van der Waals surface area contributed by atoms with Crippen LogP contribution >= 0.6 is 0 Å². The van der Waals surface area contributed by atoms with E-state index < -0.39 is 18.1 Å². The van der Waals surface area contributed by atoms with Crippen molar-refractivity contribution >= 4 is 12.1 Å². The van der Waals surface area contributed by atoms with Gasteiger partial charge in [0.25, 0.3) is 0 Å². The predicted octanol–water partition coefficient (Wildman–Crippen LogP) is 5.23. The van der Waals surface area contributed by atoms with E-state index in [2.05, 4.69) is 24.3 Å². The van der Waals surface area contributed by atoms with Crippen LogP contribution in [-0.4, -0.2) is 34.7 Å². The molecule has 0 radical (unpaired) electrons. The van der Waals surface area contributed by atoms with Crippen molar-refractivity contribution < 1.29 is 19.4 Å². The molecule has 2 aliphatic rings. The molecule has 3 aromatic rings. The quantitative estimate of drug-likeness (QED) is 0.636. The molecule has 0 aromatic heterocycles. The van der Waals surface area contributed by atoms with Crippen LogP contribution in [0.3, 0.4) is 0 Å². The number of likely N-dealkylation sites (tertiary alicyclic amines) is 1. The zero-order valence-electron chi connectivity index (χ0n) is 17.0. The van der Waals surface area contributed by atoms with Crippen molar-refractivity contribution in [2.45, 2.75) is 30.8 Å². The number of carbonyl (C=O) groups is 2. The van der Waals surface area contributed by atoms with Gasteiger partial charge in [0.05, 0.1) is 6.04 Å². The topological polar surface area (TPSA) is 66.8 Å². The van der Waals surface area contributed by atoms with Gasteiger partial charge in [-0.15, -0.1) is 0 Å². The fourth-order valence-electron chi connectivity index (χ4n) is 4.98. The normalized spacial score (nSPS) is 19.7. The molecule has 1 aliphatic carbocycles. The van der Waals surface area contributed by atoms with Gasteiger partial charge in [-0.2, -0.15) is 0 Å². The molecule has 156 valence electrons. The minimum absolute atomic E-state index is 0.0580. The zero-order chi connectivity index (χ0) is 21.4. The van der Waals surface area contributed by atoms with Crippen LogP contribution in [0.2, 0.25) is 0 Å². The molecule has 3 aromatic carbocycles. The monoisotopic (exact) mass is 413 g/mol. The average Bonchev–Trinajstić information content (AvgIpc) is 3.38. The van der Waals surface area contributed by atoms with Crippen LogP contribution in [-0.2, 0) is 9.53 Å². The summed E-state index contributed by atoms with van der Waals surface area (Å²) >= 11 is 0. The average molecular weight is 413 g/mol. The lowest BCUT2D eigenvalue weighted by molar-refractivity contribution is -0.142. The van der Waals surface area contributed by atoms with Crippen molar-refractivity contribution in [3.63, 3.8) is 0 Å². The third kappa shape index (κ3) is 3.36. The Labute approximate surface area is 180 Å². The molecule has 1 fully saturated rings. The summed E-state index contributed by atoms with van der Waals surface area (Å²) in [5, 5.41) is 9.69.